The van der Waals surface area contributed by atoms with Crippen molar-refractivity contribution in [3.8, 4) is 0 Å². The average Bonchev–Trinajstić information content (AvgIpc) is 2.27. The number of anilines is 1. The van der Waals surface area contributed by atoms with Crippen molar-refractivity contribution in [3.05, 3.63) is 28.8 Å². The molecule has 1 heterocycles. The number of carbonyl (C=O) groups is 2. The van der Waals surface area contributed by atoms with Crippen molar-refractivity contribution in [1.29, 1.82) is 0 Å². The zero-order chi connectivity index (χ0) is 13.3. The predicted molar refractivity (Wildman–Crippen MR) is 67.4 cm³/mol. The van der Waals surface area contributed by atoms with E-state index in [1.54, 1.807) is 30.0 Å². The first-order chi connectivity index (χ1) is 8.47. The van der Waals surface area contributed by atoms with Crippen LogP contribution in [0.15, 0.2) is 18.2 Å². The summed E-state index contributed by atoms with van der Waals surface area (Å²) < 4.78 is 0. The van der Waals surface area contributed by atoms with Gasteiger partial charge in [0.25, 0.3) is 0 Å². The van der Waals surface area contributed by atoms with Crippen LogP contribution in [-0.2, 0) is 9.59 Å². The lowest BCUT2D eigenvalue weighted by atomic mass is 10.1. The minimum Gasteiger partial charge on any atom is -0.389 e. The second-order valence-corrected chi connectivity index (χ2v) is 4.62. The predicted octanol–water partition coefficient (Wildman–Crippen LogP) is 0.856. The topological polar surface area (TPSA) is 69.6 Å². The van der Waals surface area contributed by atoms with Gasteiger partial charge in [0.2, 0.25) is 11.8 Å². The number of carbonyl (C=O) groups excluding carboxylic acids is 2. The van der Waals surface area contributed by atoms with Crippen LogP contribution in [0.1, 0.15) is 18.6 Å². The van der Waals surface area contributed by atoms with Crippen LogP contribution in [0.4, 0.5) is 5.69 Å². The summed E-state index contributed by atoms with van der Waals surface area (Å²) in [6.07, 6.45) is -0.608. The van der Waals surface area contributed by atoms with Gasteiger partial charge in [-0.05, 0) is 24.6 Å². The molecule has 0 radical (unpaired) electrons. The molecule has 2 N–H and O–H groups in total. The number of amides is 2. The Bertz CT molecular complexity index is 486. The second kappa shape index (κ2) is 4.96. The highest BCUT2D eigenvalue weighted by atomic mass is 35.5. The molecule has 6 heteroatoms. The Morgan fingerprint density at radius 2 is 1.94 bits per heavy atom. The molecule has 2 amide bonds. The zero-order valence-electron chi connectivity index (χ0n) is 9.81. The number of aliphatic hydroxyl groups excluding tert-OH is 1. The Hall–Kier alpha value is -1.59. The minimum atomic E-state index is -0.608. The summed E-state index contributed by atoms with van der Waals surface area (Å²) in [5, 5.41) is 12.1. The van der Waals surface area contributed by atoms with Crippen molar-refractivity contribution in [1.82, 2.24) is 5.32 Å². The summed E-state index contributed by atoms with van der Waals surface area (Å²) in [6.45, 7) is 1.84. The number of imide groups is 1. The van der Waals surface area contributed by atoms with Gasteiger partial charge in [-0.2, -0.15) is 0 Å². The van der Waals surface area contributed by atoms with Gasteiger partial charge >= 0.3 is 0 Å². The molecule has 18 heavy (non-hydrogen) atoms. The van der Waals surface area contributed by atoms with Gasteiger partial charge in [0.1, 0.15) is 0 Å². The Morgan fingerprint density at radius 1 is 1.33 bits per heavy atom. The molecule has 1 unspecified atom stereocenters. The molecular weight excluding hydrogens is 256 g/mol. The summed E-state index contributed by atoms with van der Waals surface area (Å²) in [4.78, 5) is 24.2. The lowest BCUT2D eigenvalue weighted by molar-refractivity contribution is -0.130. The number of hydrogen-bond acceptors (Lipinski definition) is 4. The number of rotatable bonds is 2. The van der Waals surface area contributed by atoms with Crippen LogP contribution in [-0.4, -0.2) is 30.0 Å². The standard InChI is InChI=1S/C12H13ClN2O3/c1-7(16)8-2-3-10(9(13)4-8)15-5-11(17)14-12(18)6-15/h2-4,7,16H,5-6H2,1H3,(H,14,17,18). The SMILES string of the molecule is CC(O)c1ccc(N2CC(=O)NC(=O)C2)c(Cl)c1. The molecule has 0 aromatic heterocycles. The summed E-state index contributed by atoms with van der Waals surface area (Å²) in [7, 11) is 0. The Kier molecular flexibility index (Phi) is 3.54. The number of nitrogens with zero attached hydrogens (tertiary/aromatic N) is 1. The van der Waals surface area contributed by atoms with Gasteiger partial charge in [0.15, 0.2) is 0 Å². The maximum atomic E-state index is 11.3. The Morgan fingerprint density at radius 3 is 2.44 bits per heavy atom. The molecule has 5 nitrogen and oxygen atoms in total. The molecule has 1 atom stereocenters. The van der Waals surface area contributed by atoms with Crippen molar-refractivity contribution in [2.24, 2.45) is 0 Å². The highest BCUT2D eigenvalue weighted by Gasteiger charge is 2.24. The molecule has 1 aliphatic heterocycles. The number of benzene rings is 1. The van der Waals surface area contributed by atoms with E-state index >= 15 is 0 Å². The third-order valence-corrected chi connectivity index (χ3v) is 3.05. The fourth-order valence-corrected chi connectivity index (χ4v) is 2.16. The molecule has 0 saturated carbocycles. The molecule has 1 aromatic rings. The van der Waals surface area contributed by atoms with Gasteiger partial charge in [-0.1, -0.05) is 17.7 Å². The molecule has 1 fully saturated rings. The lowest BCUT2D eigenvalue weighted by Gasteiger charge is -2.28. The fourth-order valence-electron chi connectivity index (χ4n) is 1.85. The number of aliphatic hydroxyl groups is 1. The third-order valence-electron chi connectivity index (χ3n) is 2.74. The van der Waals surface area contributed by atoms with E-state index in [9.17, 15) is 14.7 Å². The third kappa shape index (κ3) is 2.63. The van der Waals surface area contributed by atoms with Crippen LogP contribution in [0.5, 0.6) is 0 Å². The van der Waals surface area contributed by atoms with Crippen molar-refractivity contribution in [2.45, 2.75) is 13.0 Å². The maximum Gasteiger partial charge on any atom is 0.246 e. The first-order valence-electron chi connectivity index (χ1n) is 5.52. The quantitative estimate of drug-likeness (QED) is 0.781. The van der Waals surface area contributed by atoms with Crippen molar-refractivity contribution >= 4 is 29.1 Å². The normalized spacial score (nSPS) is 17.6. The van der Waals surface area contributed by atoms with E-state index in [2.05, 4.69) is 5.32 Å². The first-order valence-corrected chi connectivity index (χ1v) is 5.90. The van der Waals surface area contributed by atoms with E-state index in [0.29, 0.717) is 16.3 Å². The molecule has 1 saturated heterocycles. The monoisotopic (exact) mass is 268 g/mol. The summed E-state index contributed by atoms with van der Waals surface area (Å²) in [6, 6.07) is 5.07. The second-order valence-electron chi connectivity index (χ2n) is 4.21. The fraction of sp³-hybridized carbons (Fsp3) is 0.333. The van der Waals surface area contributed by atoms with Gasteiger partial charge in [-0.25, -0.2) is 0 Å². The zero-order valence-corrected chi connectivity index (χ0v) is 10.6. The van der Waals surface area contributed by atoms with E-state index in [1.807, 2.05) is 0 Å². The minimum absolute atomic E-state index is 0.0967. The molecule has 0 aliphatic carbocycles. The van der Waals surface area contributed by atoms with E-state index in [4.69, 9.17) is 11.6 Å². The first kappa shape index (κ1) is 12.9. The molecule has 2 rings (SSSR count). The van der Waals surface area contributed by atoms with E-state index in [0.717, 1.165) is 0 Å². The van der Waals surface area contributed by atoms with Gasteiger partial charge in [-0.15, -0.1) is 0 Å². The van der Waals surface area contributed by atoms with Gasteiger partial charge < -0.3 is 10.0 Å². The number of nitrogens with one attached hydrogen (secondary N) is 1. The molecule has 1 aliphatic rings. The van der Waals surface area contributed by atoms with Crippen molar-refractivity contribution in [2.75, 3.05) is 18.0 Å². The van der Waals surface area contributed by atoms with E-state index in [1.165, 1.54) is 0 Å². The Balaban J connectivity index is 2.28. The van der Waals surface area contributed by atoms with E-state index in [-0.39, 0.29) is 24.9 Å². The van der Waals surface area contributed by atoms with Gasteiger partial charge in [-0.3, -0.25) is 14.9 Å². The molecule has 0 spiro atoms. The summed E-state index contributed by atoms with van der Waals surface area (Å²) in [5.74, 6) is -0.691. The van der Waals surface area contributed by atoms with Crippen LogP contribution >= 0.6 is 11.6 Å². The Labute approximate surface area is 109 Å². The van der Waals surface area contributed by atoms with Crippen molar-refractivity contribution < 1.29 is 14.7 Å². The highest BCUT2D eigenvalue weighted by molar-refractivity contribution is 6.33. The van der Waals surface area contributed by atoms with Crippen LogP contribution in [0.2, 0.25) is 5.02 Å². The summed E-state index contributed by atoms with van der Waals surface area (Å²) >= 11 is 6.11. The lowest BCUT2D eigenvalue weighted by Crippen LogP contribution is -2.51. The number of hydrogen-bond donors (Lipinski definition) is 2. The largest absolute Gasteiger partial charge is 0.389 e. The molecular formula is C12H13ClN2O3. The van der Waals surface area contributed by atoms with Crippen molar-refractivity contribution in [3.63, 3.8) is 0 Å². The van der Waals surface area contributed by atoms with Crippen LogP contribution in [0.25, 0.3) is 0 Å². The molecule has 96 valence electrons. The van der Waals surface area contributed by atoms with Crippen LogP contribution in [0, 0.1) is 0 Å². The molecule has 1 aromatic carbocycles. The van der Waals surface area contributed by atoms with E-state index < -0.39 is 6.10 Å². The van der Waals surface area contributed by atoms with Crippen LogP contribution < -0.4 is 10.2 Å². The van der Waals surface area contributed by atoms with Gasteiger partial charge in [0, 0.05) is 0 Å². The average molecular weight is 269 g/mol. The highest BCUT2D eigenvalue weighted by Crippen LogP contribution is 2.29. The van der Waals surface area contributed by atoms with Crippen LogP contribution in [0.3, 0.4) is 0 Å². The smallest absolute Gasteiger partial charge is 0.246 e. The molecule has 0 bridgehead atoms. The maximum absolute atomic E-state index is 11.3. The number of halogens is 1. The number of piperazine rings is 1. The summed E-state index contributed by atoms with van der Waals surface area (Å²) in [5.41, 5.74) is 1.31. The van der Waals surface area contributed by atoms with Gasteiger partial charge in [0.05, 0.1) is 29.9 Å².